The van der Waals surface area contributed by atoms with E-state index in [0.717, 1.165) is 0 Å². The SMILES string of the molecule is Cc1nc2ccc(CN3CCN(c4ccc(C(=O)N[C@H]5C[C@H]5F)nc4F)CC3)c(F)c2[nH]c1=O. The lowest BCUT2D eigenvalue weighted by Crippen LogP contribution is -2.46. The van der Waals surface area contributed by atoms with Crippen molar-refractivity contribution in [3.8, 4) is 0 Å². The molecule has 5 rings (SSSR count). The number of alkyl halides is 1. The number of amides is 1. The molecule has 11 heteroatoms. The number of hydrogen-bond acceptors (Lipinski definition) is 6. The van der Waals surface area contributed by atoms with E-state index >= 15 is 0 Å². The zero-order valence-corrected chi connectivity index (χ0v) is 18.4. The fourth-order valence-corrected chi connectivity index (χ4v) is 4.11. The van der Waals surface area contributed by atoms with Crippen molar-refractivity contribution in [3.63, 3.8) is 0 Å². The van der Waals surface area contributed by atoms with Gasteiger partial charge < -0.3 is 15.2 Å². The molecule has 2 atom stereocenters. The van der Waals surface area contributed by atoms with Crippen LogP contribution in [0.3, 0.4) is 0 Å². The monoisotopic (exact) mass is 472 g/mol. The predicted molar refractivity (Wildman–Crippen MR) is 120 cm³/mol. The van der Waals surface area contributed by atoms with E-state index in [9.17, 15) is 22.8 Å². The molecule has 178 valence electrons. The largest absolute Gasteiger partial charge is 0.365 e. The zero-order chi connectivity index (χ0) is 24.0. The van der Waals surface area contributed by atoms with E-state index in [1.807, 2.05) is 9.80 Å². The Morgan fingerprint density at radius 1 is 1.15 bits per heavy atom. The van der Waals surface area contributed by atoms with Crippen LogP contribution in [0, 0.1) is 18.7 Å². The smallest absolute Gasteiger partial charge is 0.270 e. The number of benzene rings is 1. The van der Waals surface area contributed by atoms with Crippen LogP contribution in [0.5, 0.6) is 0 Å². The van der Waals surface area contributed by atoms with Gasteiger partial charge in [-0.3, -0.25) is 14.5 Å². The first-order valence-corrected chi connectivity index (χ1v) is 11.1. The van der Waals surface area contributed by atoms with Gasteiger partial charge in [0, 0.05) is 44.7 Å². The number of aromatic amines is 1. The molecule has 0 bridgehead atoms. The Labute approximate surface area is 192 Å². The lowest BCUT2D eigenvalue weighted by atomic mass is 10.1. The Hall–Kier alpha value is -3.47. The van der Waals surface area contributed by atoms with Crippen molar-refractivity contribution in [3.05, 3.63) is 63.3 Å². The highest BCUT2D eigenvalue weighted by atomic mass is 19.1. The molecule has 2 aliphatic rings. The number of H-pyrrole nitrogens is 1. The van der Waals surface area contributed by atoms with E-state index in [2.05, 4.69) is 20.3 Å². The third kappa shape index (κ3) is 4.35. The predicted octanol–water partition coefficient (Wildman–Crippen LogP) is 2.07. The molecule has 1 aliphatic heterocycles. The summed E-state index contributed by atoms with van der Waals surface area (Å²) in [5, 5.41) is 2.48. The number of nitrogens with one attached hydrogen (secondary N) is 2. The Morgan fingerprint density at radius 2 is 1.88 bits per heavy atom. The van der Waals surface area contributed by atoms with Gasteiger partial charge in [0.2, 0.25) is 5.95 Å². The highest BCUT2D eigenvalue weighted by molar-refractivity contribution is 5.93. The fourth-order valence-electron chi connectivity index (χ4n) is 4.11. The minimum atomic E-state index is -1.05. The number of rotatable bonds is 5. The van der Waals surface area contributed by atoms with Crippen LogP contribution in [-0.4, -0.2) is 64.2 Å². The van der Waals surface area contributed by atoms with Crippen molar-refractivity contribution < 1.29 is 18.0 Å². The molecule has 2 N–H and O–H groups in total. The molecular weight excluding hydrogens is 449 g/mol. The van der Waals surface area contributed by atoms with E-state index in [0.29, 0.717) is 43.8 Å². The minimum Gasteiger partial charge on any atom is -0.365 e. The summed E-state index contributed by atoms with van der Waals surface area (Å²) in [5.41, 5.74) is 0.975. The summed E-state index contributed by atoms with van der Waals surface area (Å²) in [6.45, 7) is 4.00. The Balaban J connectivity index is 1.23. The fraction of sp³-hybridized carbons (Fsp3) is 0.391. The molecule has 0 radical (unpaired) electrons. The van der Waals surface area contributed by atoms with Gasteiger partial charge in [0.1, 0.15) is 23.1 Å². The third-order valence-corrected chi connectivity index (χ3v) is 6.25. The van der Waals surface area contributed by atoms with Gasteiger partial charge in [-0.2, -0.15) is 4.39 Å². The molecule has 1 aromatic carbocycles. The average molecular weight is 472 g/mol. The van der Waals surface area contributed by atoms with Gasteiger partial charge in [0.25, 0.3) is 11.5 Å². The molecule has 1 saturated carbocycles. The first kappa shape index (κ1) is 22.3. The van der Waals surface area contributed by atoms with E-state index in [1.165, 1.54) is 12.1 Å². The molecule has 1 aliphatic carbocycles. The normalized spacial score (nSPS) is 20.5. The second-order valence-corrected chi connectivity index (χ2v) is 8.69. The number of hydrogen-bond donors (Lipinski definition) is 2. The topological polar surface area (TPSA) is 94.2 Å². The van der Waals surface area contributed by atoms with Crippen molar-refractivity contribution >= 4 is 22.6 Å². The van der Waals surface area contributed by atoms with Gasteiger partial charge in [-0.25, -0.2) is 18.7 Å². The maximum Gasteiger partial charge on any atom is 0.270 e. The van der Waals surface area contributed by atoms with Gasteiger partial charge in [0.15, 0.2) is 5.82 Å². The number of carbonyl (C=O) groups excluding carboxylic acids is 1. The first-order valence-electron chi connectivity index (χ1n) is 11.1. The Bertz CT molecular complexity index is 1320. The van der Waals surface area contributed by atoms with Gasteiger partial charge in [0.05, 0.1) is 17.2 Å². The summed E-state index contributed by atoms with van der Waals surface area (Å²) in [6.07, 6.45) is -0.774. The highest BCUT2D eigenvalue weighted by Crippen LogP contribution is 2.26. The molecular formula is C23H23F3N6O2. The quantitative estimate of drug-likeness (QED) is 0.553. The van der Waals surface area contributed by atoms with E-state index in [1.54, 1.807) is 19.1 Å². The minimum absolute atomic E-state index is 0.0894. The van der Waals surface area contributed by atoms with Crippen molar-refractivity contribution in [2.45, 2.75) is 32.1 Å². The number of aryl methyl sites for hydroxylation is 1. The number of pyridine rings is 1. The van der Waals surface area contributed by atoms with Crippen LogP contribution in [0.25, 0.3) is 11.0 Å². The average Bonchev–Trinajstić information content (AvgIpc) is 3.51. The van der Waals surface area contributed by atoms with E-state index < -0.39 is 35.4 Å². The highest BCUT2D eigenvalue weighted by Gasteiger charge is 2.39. The molecule has 0 unspecified atom stereocenters. The summed E-state index contributed by atoms with van der Waals surface area (Å²) >= 11 is 0. The van der Waals surface area contributed by atoms with Crippen LogP contribution in [-0.2, 0) is 6.54 Å². The summed E-state index contributed by atoms with van der Waals surface area (Å²) in [4.78, 5) is 38.2. The second-order valence-electron chi connectivity index (χ2n) is 8.69. The van der Waals surface area contributed by atoms with Crippen LogP contribution in [0.1, 0.15) is 28.2 Å². The molecule has 3 heterocycles. The molecule has 8 nitrogen and oxygen atoms in total. The van der Waals surface area contributed by atoms with Crippen molar-refractivity contribution in [2.24, 2.45) is 0 Å². The number of nitrogens with zero attached hydrogens (tertiary/aromatic N) is 4. The maximum absolute atomic E-state index is 15.0. The van der Waals surface area contributed by atoms with Crippen LogP contribution in [0.15, 0.2) is 29.1 Å². The standard InChI is InChI=1S/C23H23F3N6O2/c1-12-22(33)30-20-15(27-12)3-2-13(19(20)25)11-31-6-8-32(9-7-31)18-5-4-16(28-21(18)26)23(34)29-17-10-14(17)24/h2-5,14,17H,6-11H2,1H3,(H,29,34)(H,30,33)/t14-,17+/m1/s1. The number of carbonyl (C=O) groups is 1. The molecule has 1 amide bonds. The third-order valence-electron chi connectivity index (χ3n) is 6.25. The van der Waals surface area contributed by atoms with Gasteiger partial charge in [-0.15, -0.1) is 0 Å². The van der Waals surface area contributed by atoms with Crippen LogP contribution < -0.4 is 15.8 Å². The van der Waals surface area contributed by atoms with Gasteiger partial charge >= 0.3 is 0 Å². The van der Waals surface area contributed by atoms with Crippen molar-refractivity contribution in [1.29, 1.82) is 0 Å². The molecule has 34 heavy (non-hydrogen) atoms. The Morgan fingerprint density at radius 3 is 2.56 bits per heavy atom. The van der Waals surface area contributed by atoms with E-state index in [-0.39, 0.29) is 29.0 Å². The molecule has 2 aromatic heterocycles. The summed E-state index contributed by atoms with van der Waals surface area (Å²) in [5.74, 6) is -1.86. The van der Waals surface area contributed by atoms with Crippen LogP contribution in [0.2, 0.25) is 0 Å². The zero-order valence-electron chi connectivity index (χ0n) is 18.4. The number of halogens is 3. The summed E-state index contributed by atoms with van der Waals surface area (Å²) < 4.78 is 42.6. The van der Waals surface area contributed by atoms with Gasteiger partial charge in [-0.1, -0.05) is 6.07 Å². The first-order chi connectivity index (χ1) is 16.3. The summed E-state index contributed by atoms with van der Waals surface area (Å²) in [6, 6.07) is 5.76. The number of fused-ring (bicyclic) bond motifs is 1. The van der Waals surface area contributed by atoms with Crippen molar-refractivity contribution in [2.75, 3.05) is 31.1 Å². The lowest BCUT2D eigenvalue weighted by molar-refractivity contribution is 0.0941. The van der Waals surface area contributed by atoms with Gasteiger partial charge in [-0.05, 0) is 25.1 Å². The molecule has 2 fully saturated rings. The molecule has 0 spiro atoms. The van der Waals surface area contributed by atoms with Crippen LogP contribution >= 0.6 is 0 Å². The van der Waals surface area contributed by atoms with Crippen LogP contribution in [0.4, 0.5) is 18.9 Å². The summed E-state index contributed by atoms with van der Waals surface area (Å²) in [7, 11) is 0. The number of aromatic nitrogens is 3. The number of piperazine rings is 1. The van der Waals surface area contributed by atoms with Crippen molar-refractivity contribution in [1.82, 2.24) is 25.2 Å². The maximum atomic E-state index is 15.0. The number of anilines is 1. The Kier molecular flexibility index (Phi) is 5.72. The van der Waals surface area contributed by atoms with E-state index in [4.69, 9.17) is 0 Å². The molecule has 3 aromatic rings. The second kappa shape index (κ2) is 8.71. The lowest BCUT2D eigenvalue weighted by Gasteiger charge is -2.36. The molecule has 1 saturated heterocycles.